The number of alkyl halides is 3. The maximum Gasteiger partial charge on any atom is 0.416 e. The van der Waals surface area contributed by atoms with E-state index in [9.17, 15) is 18.0 Å². The lowest BCUT2D eigenvalue weighted by Crippen LogP contribution is -2.35. The first-order valence-corrected chi connectivity index (χ1v) is 10.9. The molecule has 0 spiro atoms. The summed E-state index contributed by atoms with van der Waals surface area (Å²) in [5.41, 5.74) is -0.676. The number of carbonyl (C=O) groups excluding carboxylic acids is 1. The van der Waals surface area contributed by atoms with Crippen molar-refractivity contribution in [2.75, 3.05) is 0 Å². The summed E-state index contributed by atoms with van der Waals surface area (Å²) in [5.74, 6) is -0.192. The van der Waals surface area contributed by atoms with E-state index in [0.717, 1.165) is 12.1 Å². The molecule has 3 aromatic heterocycles. The molecule has 4 aromatic rings. The number of aromatic nitrogens is 6. The highest BCUT2D eigenvalue weighted by Gasteiger charge is 2.33. The second-order valence-corrected chi connectivity index (χ2v) is 8.23. The molecule has 1 amide bonds. The highest BCUT2D eigenvalue weighted by Crippen LogP contribution is 2.33. The van der Waals surface area contributed by atoms with Crippen molar-refractivity contribution >= 4 is 29.1 Å². The molecule has 13 heteroatoms. The van der Waals surface area contributed by atoms with Crippen LogP contribution in [0.25, 0.3) is 5.95 Å². The van der Waals surface area contributed by atoms with Gasteiger partial charge in [-0.15, -0.1) is 0 Å². The van der Waals surface area contributed by atoms with Gasteiger partial charge in [0.25, 0.3) is 11.9 Å². The lowest BCUT2D eigenvalue weighted by atomic mass is 10.1. The summed E-state index contributed by atoms with van der Waals surface area (Å²) in [5, 5.41) is 4.18. The van der Waals surface area contributed by atoms with Gasteiger partial charge >= 0.3 is 6.18 Å². The zero-order valence-corrected chi connectivity index (χ0v) is 19.5. The van der Waals surface area contributed by atoms with Crippen molar-refractivity contribution in [1.82, 2.24) is 34.6 Å². The number of halogens is 5. The molecule has 0 radical (unpaired) electrons. The van der Waals surface area contributed by atoms with Gasteiger partial charge in [0.15, 0.2) is 5.82 Å². The summed E-state index contributed by atoms with van der Waals surface area (Å²) in [6.07, 6.45) is 1.10. The van der Waals surface area contributed by atoms with Gasteiger partial charge in [-0.2, -0.15) is 23.0 Å². The minimum atomic E-state index is -4.68. The van der Waals surface area contributed by atoms with E-state index < -0.39 is 23.7 Å². The molecule has 0 aliphatic heterocycles. The van der Waals surface area contributed by atoms with Gasteiger partial charge < -0.3 is 4.90 Å². The maximum absolute atomic E-state index is 13.6. The average molecular weight is 522 g/mol. The molecule has 0 N–H and O–H groups in total. The number of rotatable bonds is 6. The largest absolute Gasteiger partial charge is 0.416 e. The molecule has 3 heterocycles. The van der Waals surface area contributed by atoms with E-state index in [1.165, 1.54) is 40.6 Å². The number of hydrogen-bond acceptors (Lipinski definition) is 6. The molecule has 0 saturated carbocycles. The van der Waals surface area contributed by atoms with Gasteiger partial charge in [0, 0.05) is 35.7 Å². The number of nitrogens with zero attached hydrogens (tertiary/aromatic N) is 7. The Labute approximate surface area is 207 Å². The average Bonchev–Trinajstić information content (AvgIpc) is 3.32. The molecule has 0 saturated heterocycles. The van der Waals surface area contributed by atoms with Crippen LogP contribution < -0.4 is 0 Å². The molecule has 1 unspecified atom stereocenters. The summed E-state index contributed by atoms with van der Waals surface area (Å²) in [4.78, 5) is 31.5. The van der Waals surface area contributed by atoms with Crippen LogP contribution in [0.5, 0.6) is 0 Å². The number of benzene rings is 1. The van der Waals surface area contributed by atoms with E-state index in [4.69, 9.17) is 23.2 Å². The van der Waals surface area contributed by atoms with Crippen molar-refractivity contribution in [2.24, 2.45) is 0 Å². The molecule has 1 aromatic carbocycles. The Morgan fingerprint density at radius 2 is 1.83 bits per heavy atom. The fourth-order valence-electron chi connectivity index (χ4n) is 3.35. The Morgan fingerprint density at radius 3 is 2.49 bits per heavy atom. The molecule has 35 heavy (non-hydrogen) atoms. The maximum atomic E-state index is 13.6. The Kier molecular flexibility index (Phi) is 6.99. The number of pyridine rings is 1. The van der Waals surface area contributed by atoms with Gasteiger partial charge in [-0.3, -0.25) is 4.79 Å². The Bertz CT molecular complexity index is 1330. The molecule has 8 nitrogen and oxygen atoms in total. The van der Waals surface area contributed by atoms with E-state index in [-0.39, 0.29) is 28.2 Å². The van der Waals surface area contributed by atoms with Gasteiger partial charge in [0.05, 0.1) is 11.6 Å². The quantitative estimate of drug-likeness (QED) is 0.324. The van der Waals surface area contributed by atoms with Crippen LogP contribution in [0.1, 0.15) is 40.3 Å². The zero-order valence-electron chi connectivity index (χ0n) is 18.0. The van der Waals surface area contributed by atoms with Crippen LogP contribution in [-0.4, -0.2) is 40.5 Å². The topological polar surface area (TPSA) is 89.7 Å². The van der Waals surface area contributed by atoms with Crippen LogP contribution in [0, 0.1) is 0 Å². The van der Waals surface area contributed by atoms with Crippen LogP contribution in [0.2, 0.25) is 10.2 Å². The Balaban J connectivity index is 1.77. The number of hydrogen-bond donors (Lipinski definition) is 0. The van der Waals surface area contributed by atoms with E-state index >= 15 is 0 Å². The molecular weight excluding hydrogens is 506 g/mol. The first-order chi connectivity index (χ1) is 16.6. The lowest BCUT2D eigenvalue weighted by molar-refractivity contribution is -0.137. The van der Waals surface area contributed by atoms with Crippen LogP contribution >= 0.6 is 23.2 Å². The van der Waals surface area contributed by atoms with Crippen molar-refractivity contribution < 1.29 is 18.0 Å². The molecule has 0 aliphatic rings. The van der Waals surface area contributed by atoms with Crippen LogP contribution in [0.4, 0.5) is 13.2 Å². The summed E-state index contributed by atoms with van der Waals surface area (Å²) in [6, 6.07) is 6.78. The molecule has 4 rings (SSSR count). The zero-order chi connectivity index (χ0) is 25.2. The van der Waals surface area contributed by atoms with Gasteiger partial charge in [-0.1, -0.05) is 29.3 Å². The molecule has 0 bridgehead atoms. The van der Waals surface area contributed by atoms with Crippen LogP contribution in [0.15, 0.2) is 61.3 Å². The first-order valence-electron chi connectivity index (χ1n) is 10.1. The normalized spacial score (nSPS) is 12.4. The smallest absolute Gasteiger partial charge is 0.324 e. The second-order valence-electron chi connectivity index (χ2n) is 7.40. The molecule has 0 fully saturated rings. The first kappa shape index (κ1) is 24.6. The summed E-state index contributed by atoms with van der Waals surface area (Å²) < 4.78 is 41.5. The highest BCUT2D eigenvalue weighted by atomic mass is 35.5. The third kappa shape index (κ3) is 5.57. The Hall–Kier alpha value is -3.57. The second kappa shape index (κ2) is 9.96. The van der Waals surface area contributed by atoms with E-state index in [0.29, 0.717) is 11.4 Å². The van der Waals surface area contributed by atoms with Gasteiger partial charge in [-0.25, -0.2) is 19.9 Å². The van der Waals surface area contributed by atoms with Gasteiger partial charge in [0.1, 0.15) is 11.5 Å². The summed E-state index contributed by atoms with van der Waals surface area (Å²) >= 11 is 11.8. The van der Waals surface area contributed by atoms with Gasteiger partial charge in [0.2, 0.25) is 0 Å². The highest BCUT2D eigenvalue weighted by molar-refractivity contribution is 6.31. The molecule has 1 atom stereocenters. The van der Waals surface area contributed by atoms with E-state index in [1.807, 2.05) is 0 Å². The lowest BCUT2D eigenvalue weighted by Gasteiger charge is -2.29. The van der Waals surface area contributed by atoms with Gasteiger partial charge in [-0.05, 0) is 42.8 Å². The summed E-state index contributed by atoms with van der Waals surface area (Å²) in [7, 11) is 0. The predicted molar refractivity (Wildman–Crippen MR) is 121 cm³/mol. The predicted octanol–water partition coefficient (Wildman–Crippen LogP) is 5.18. The summed E-state index contributed by atoms with van der Waals surface area (Å²) in [6.45, 7) is 1.65. The molecule has 0 aliphatic carbocycles. The Morgan fingerprint density at radius 1 is 1.09 bits per heavy atom. The minimum absolute atomic E-state index is 0.0134. The van der Waals surface area contributed by atoms with Crippen molar-refractivity contribution in [3.8, 4) is 5.95 Å². The standard InChI is InChI=1S/C22H16Cl2F3N7O/c1-13(19-31-12-32-34(19)21-28-5-2-6-29-21)33(11-14-3-4-18(24)30-10-14)20(35)15-7-16(22(25,26)27)9-17(23)8-15/h2-10,12-13H,11H2,1H3. The van der Waals surface area contributed by atoms with Crippen molar-refractivity contribution in [1.29, 1.82) is 0 Å². The molecular formula is C22H16Cl2F3N7O. The third-order valence-electron chi connectivity index (χ3n) is 5.03. The fraction of sp³-hybridized carbons (Fsp3) is 0.182. The van der Waals surface area contributed by atoms with Crippen molar-refractivity contribution in [3.05, 3.63) is 94.0 Å². The third-order valence-corrected chi connectivity index (χ3v) is 5.47. The van der Waals surface area contributed by atoms with Crippen LogP contribution in [-0.2, 0) is 12.7 Å². The van der Waals surface area contributed by atoms with E-state index in [1.54, 1.807) is 25.1 Å². The SMILES string of the molecule is CC(c1ncnn1-c1ncccn1)N(Cc1ccc(Cl)nc1)C(=O)c1cc(Cl)cc(C(F)(F)F)c1. The van der Waals surface area contributed by atoms with Crippen molar-refractivity contribution in [2.45, 2.75) is 25.7 Å². The monoisotopic (exact) mass is 521 g/mol. The fourth-order valence-corrected chi connectivity index (χ4v) is 3.70. The number of carbonyl (C=O) groups is 1. The number of amides is 1. The molecule has 180 valence electrons. The van der Waals surface area contributed by atoms with Crippen molar-refractivity contribution in [3.63, 3.8) is 0 Å². The van der Waals surface area contributed by atoms with E-state index in [2.05, 4.69) is 25.0 Å². The van der Waals surface area contributed by atoms with Crippen LogP contribution in [0.3, 0.4) is 0 Å². The minimum Gasteiger partial charge on any atom is -0.324 e.